The molecular weight excluding hydrogens is 418 g/mol. The summed E-state index contributed by atoms with van der Waals surface area (Å²) in [7, 11) is 1.57. The third-order valence-electron chi connectivity index (χ3n) is 6.83. The van der Waals surface area contributed by atoms with Crippen molar-refractivity contribution >= 4 is 23.2 Å². The lowest BCUT2D eigenvalue weighted by atomic mass is 9.72. The molecule has 8 heteroatoms. The van der Waals surface area contributed by atoms with Crippen LogP contribution in [0.1, 0.15) is 37.6 Å². The van der Waals surface area contributed by atoms with Crippen molar-refractivity contribution in [2.24, 2.45) is 17.8 Å². The van der Waals surface area contributed by atoms with Crippen molar-refractivity contribution in [1.29, 1.82) is 0 Å². The van der Waals surface area contributed by atoms with Crippen LogP contribution in [0.5, 0.6) is 5.75 Å². The second-order valence-electron chi connectivity index (χ2n) is 9.30. The number of benzene rings is 1. The average molecular weight is 452 g/mol. The smallest absolute Gasteiger partial charge is 0.238 e. The number of amides is 2. The number of aryl methyl sites for hydroxylation is 1. The summed E-state index contributed by atoms with van der Waals surface area (Å²) in [4.78, 5) is 35.4. The normalized spacial score (nSPS) is 22.5. The van der Waals surface area contributed by atoms with E-state index in [2.05, 4.69) is 31.6 Å². The zero-order chi connectivity index (χ0) is 23.4. The van der Waals surface area contributed by atoms with E-state index in [1.165, 1.54) is 26.2 Å². The van der Waals surface area contributed by atoms with E-state index in [1.807, 2.05) is 6.92 Å². The van der Waals surface area contributed by atoms with Gasteiger partial charge in [0, 0.05) is 37.5 Å². The Labute approximate surface area is 195 Å². The molecule has 2 aliphatic rings. The van der Waals surface area contributed by atoms with Crippen molar-refractivity contribution in [3.63, 3.8) is 0 Å². The highest BCUT2D eigenvalue weighted by molar-refractivity contribution is 5.99. The summed E-state index contributed by atoms with van der Waals surface area (Å²) in [6.07, 6.45) is 6.32. The lowest BCUT2D eigenvalue weighted by Gasteiger charge is -2.33. The summed E-state index contributed by atoms with van der Waals surface area (Å²) in [6.45, 7) is 5.67. The Morgan fingerprint density at radius 2 is 1.97 bits per heavy atom. The molecular formula is C25H33N5O3. The van der Waals surface area contributed by atoms with E-state index in [0.29, 0.717) is 41.4 Å². The summed E-state index contributed by atoms with van der Waals surface area (Å²) in [6, 6.07) is 7.31. The molecule has 2 amide bonds. The maximum atomic E-state index is 12.9. The second-order valence-corrected chi connectivity index (χ2v) is 9.30. The highest BCUT2D eigenvalue weighted by atomic mass is 16.5. The molecule has 8 nitrogen and oxygen atoms in total. The molecule has 2 N–H and O–H groups in total. The molecule has 1 saturated heterocycles. The second kappa shape index (κ2) is 10.3. The predicted molar refractivity (Wildman–Crippen MR) is 127 cm³/mol. The van der Waals surface area contributed by atoms with E-state index in [1.54, 1.807) is 31.6 Å². The van der Waals surface area contributed by atoms with Gasteiger partial charge >= 0.3 is 0 Å². The third-order valence-corrected chi connectivity index (χ3v) is 6.83. The summed E-state index contributed by atoms with van der Waals surface area (Å²) < 4.78 is 5.28. The number of rotatable bonds is 7. The van der Waals surface area contributed by atoms with E-state index >= 15 is 0 Å². The standard InChI is InChI=1S/C25H33N5O3/c1-16-9-20(27-15-26-16)10-18-5-4-6-19-12-30(13-22(18)19)14-25(32)29-24-11-21(33-3)7-8-23(24)28-17(2)31/h7-9,11,15,18-19,22H,4-6,10,12-14H2,1-3H3,(H,28,31)(H,29,32)/t18-,19-,22-/m1/s1. The van der Waals surface area contributed by atoms with Crippen LogP contribution in [0, 0.1) is 24.7 Å². The summed E-state index contributed by atoms with van der Waals surface area (Å²) >= 11 is 0. The lowest BCUT2D eigenvalue weighted by molar-refractivity contribution is -0.117. The van der Waals surface area contributed by atoms with Gasteiger partial charge in [0.15, 0.2) is 0 Å². The number of methoxy groups -OCH3 is 1. The van der Waals surface area contributed by atoms with Gasteiger partial charge in [0.25, 0.3) is 0 Å². The Bertz CT molecular complexity index is 1010. The van der Waals surface area contributed by atoms with Gasteiger partial charge in [0.1, 0.15) is 12.1 Å². The van der Waals surface area contributed by atoms with Gasteiger partial charge in [-0.15, -0.1) is 0 Å². The minimum absolute atomic E-state index is 0.0866. The topological polar surface area (TPSA) is 96.5 Å². The van der Waals surface area contributed by atoms with E-state index in [9.17, 15) is 9.59 Å². The lowest BCUT2D eigenvalue weighted by Crippen LogP contribution is -2.32. The Hall–Kier alpha value is -3.00. The highest BCUT2D eigenvalue weighted by Crippen LogP contribution is 2.41. The van der Waals surface area contributed by atoms with E-state index in [4.69, 9.17) is 4.74 Å². The van der Waals surface area contributed by atoms with Crippen molar-refractivity contribution in [1.82, 2.24) is 14.9 Å². The summed E-state index contributed by atoms with van der Waals surface area (Å²) in [5.74, 6) is 2.16. The molecule has 0 bridgehead atoms. The van der Waals surface area contributed by atoms with Crippen LogP contribution in [0.25, 0.3) is 0 Å². The van der Waals surface area contributed by atoms with E-state index < -0.39 is 0 Å². The number of carbonyl (C=O) groups excluding carboxylic acids is 2. The molecule has 1 aromatic carbocycles. The highest BCUT2D eigenvalue weighted by Gasteiger charge is 2.40. The number of anilines is 2. The number of aromatic nitrogens is 2. The van der Waals surface area contributed by atoms with Crippen LogP contribution in [-0.2, 0) is 16.0 Å². The number of nitrogens with zero attached hydrogens (tertiary/aromatic N) is 3. The minimum atomic E-state index is -0.191. The van der Waals surface area contributed by atoms with Crippen LogP contribution in [0.2, 0.25) is 0 Å². The van der Waals surface area contributed by atoms with Gasteiger partial charge in [0.05, 0.1) is 25.0 Å². The molecule has 1 aliphatic heterocycles. The number of hydrogen-bond acceptors (Lipinski definition) is 6. The van der Waals surface area contributed by atoms with Crippen molar-refractivity contribution < 1.29 is 14.3 Å². The summed E-state index contributed by atoms with van der Waals surface area (Å²) in [5, 5.41) is 5.73. The molecule has 33 heavy (non-hydrogen) atoms. The zero-order valence-electron chi connectivity index (χ0n) is 19.6. The van der Waals surface area contributed by atoms with Crippen molar-refractivity contribution in [2.45, 2.75) is 39.5 Å². The number of likely N-dealkylation sites (tertiary alicyclic amines) is 1. The zero-order valence-corrected chi connectivity index (χ0v) is 19.6. The van der Waals surface area contributed by atoms with Crippen LogP contribution in [0.4, 0.5) is 11.4 Å². The number of hydrogen-bond donors (Lipinski definition) is 2. The largest absolute Gasteiger partial charge is 0.497 e. The predicted octanol–water partition coefficient (Wildman–Crippen LogP) is 3.28. The van der Waals surface area contributed by atoms with E-state index in [0.717, 1.165) is 30.9 Å². The molecule has 1 saturated carbocycles. The minimum Gasteiger partial charge on any atom is -0.497 e. The van der Waals surface area contributed by atoms with Crippen molar-refractivity contribution in [2.75, 3.05) is 37.4 Å². The SMILES string of the molecule is COc1ccc(NC(C)=O)c(NC(=O)CN2C[C@H]3CCC[C@H](Cc4cc(C)ncn4)[C@H]3C2)c1. The fourth-order valence-corrected chi connectivity index (χ4v) is 5.40. The molecule has 2 fully saturated rings. The van der Waals surface area contributed by atoms with Crippen LogP contribution in [0.3, 0.4) is 0 Å². The van der Waals surface area contributed by atoms with Crippen molar-refractivity contribution in [3.8, 4) is 5.75 Å². The molecule has 0 unspecified atom stereocenters. The first-order chi connectivity index (χ1) is 15.9. The molecule has 3 atom stereocenters. The van der Waals surface area contributed by atoms with Gasteiger partial charge in [-0.05, 0) is 62.1 Å². The van der Waals surface area contributed by atoms with Crippen LogP contribution >= 0.6 is 0 Å². The van der Waals surface area contributed by atoms with Gasteiger partial charge in [-0.3, -0.25) is 14.5 Å². The van der Waals surface area contributed by atoms with Gasteiger partial charge < -0.3 is 15.4 Å². The van der Waals surface area contributed by atoms with Crippen LogP contribution < -0.4 is 15.4 Å². The molecule has 4 rings (SSSR count). The molecule has 1 aromatic heterocycles. The van der Waals surface area contributed by atoms with Gasteiger partial charge in [-0.1, -0.05) is 6.42 Å². The van der Waals surface area contributed by atoms with E-state index in [-0.39, 0.29) is 11.8 Å². The molecule has 1 aliphatic carbocycles. The third kappa shape index (κ3) is 5.87. The van der Waals surface area contributed by atoms with Gasteiger partial charge in [0.2, 0.25) is 11.8 Å². The Morgan fingerprint density at radius 3 is 2.73 bits per heavy atom. The fourth-order valence-electron chi connectivity index (χ4n) is 5.40. The monoisotopic (exact) mass is 451 g/mol. The number of nitrogens with one attached hydrogen (secondary N) is 2. The Balaban J connectivity index is 1.38. The van der Waals surface area contributed by atoms with Gasteiger partial charge in [-0.2, -0.15) is 0 Å². The molecule has 2 aromatic rings. The van der Waals surface area contributed by atoms with Crippen LogP contribution in [0.15, 0.2) is 30.6 Å². The molecule has 0 radical (unpaired) electrons. The van der Waals surface area contributed by atoms with Crippen LogP contribution in [-0.4, -0.2) is 53.4 Å². The maximum absolute atomic E-state index is 12.9. The molecule has 176 valence electrons. The maximum Gasteiger partial charge on any atom is 0.238 e. The summed E-state index contributed by atoms with van der Waals surface area (Å²) in [5.41, 5.74) is 3.23. The van der Waals surface area contributed by atoms with Gasteiger partial charge in [-0.25, -0.2) is 9.97 Å². The number of ether oxygens (including phenoxy) is 1. The average Bonchev–Trinajstić information content (AvgIpc) is 3.18. The first kappa shape index (κ1) is 23.2. The first-order valence-corrected chi connectivity index (χ1v) is 11.7. The number of carbonyl (C=O) groups is 2. The fraction of sp³-hybridized carbons (Fsp3) is 0.520. The molecule has 2 heterocycles. The quantitative estimate of drug-likeness (QED) is 0.671. The number of fused-ring (bicyclic) bond motifs is 1. The molecule has 0 spiro atoms. The first-order valence-electron chi connectivity index (χ1n) is 11.7. The van der Waals surface area contributed by atoms with Crippen molar-refractivity contribution in [3.05, 3.63) is 42.0 Å². The Morgan fingerprint density at radius 1 is 1.12 bits per heavy atom. The Kier molecular flexibility index (Phi) is 7.23.